The average Bonchev–Trinajstić information content (AvgIpc) is 2.47. The first-order valence-electron chi connectivity index (χ1n) is 7.42. The van der Waals surface area contributed by atoms with Gasteiger partial charge in [0.05, 0.1) is 17.8 Å². The van der Waals surface area contributed by atoms with Crippen molar-refractivity contribution in [3.63, 3.8) is 0 Å². The Morgan fingerprint density at radius 2 is 2.10 bits per heavy atom. The van der Waals surface area contributed by atoms with E-state index in [1.807, 2.05) is 13.0 Å². The van der Waals surface area contributed by atoms with Crippen molar-refractivity contribution in [3.05, 3.63) is 35.5 Å². The monoisotopic (exact) mass is 286 g/mol. The van der Waals surface area contributed by atoms with Crippen molar-refractivity contribution in [2.75, 3.05) is 18.5 Å². The zero-order chi connectivity index (χ0) is 15.4. The maximum Gasteiger partial charge on any atom is 0.341 e. The smallest absolute Gasteiger partial charge is 0.341 e. The molecular weight excluding hydrogens is 264 g/mol. The highest BCUT2D eigenvalue weighted by Gasteiger charge is 2.16. The lowest BCUT2D eigenvalue weighted by molar-refractivity contribution is 0.0527. The molecule has 1 aromatic heterocycles. The number of ether oxygens (including phenoxy) is 1. The summed E-state index contributed by atoms with van der Waals surface area (Å²) in [7, 11) is 0. The lowest BCUT2D eigenvalue weighted by Crippen LogP contribution is -2.11. The number of carbonyl (C=O) groups excluding carboxylic acids is 1. The Morgan fingerprint density at radius 3 is 2.71 bits per heavy atom. The van der Waals surface area contributed by atoms with Crippen molar-refractivity contribution in [2.45, 2.75) is 33.6 Å². The molecule has 1 heterocycles. The predicted molar refractivity (Wildman–Crippen MR) is 86.0 cm³/mol. The van der Waals surface area contributed by atoms with Gasteiger partial charge in [-0.2, -0.15) is 0 Å². The van der Waals surface area contributed by atoms with Gasteiger partial charge in [0.2, 0.25) is 0 Å². The minimum atomic E-state index is -0.335. The first kappa shape index (κ1) is 15.3. The van der Waals surface area contributed by atoms with Gasteiger partial charge in [-0.3, -0.25) is 4.98 Å². The molecule has 2 aromatic rings. The molecule has 0 saturated heterocycles. The van der Waals surface area contributed by atoms with E-state index in [9.17, 15) is 4.79 Å². The van der Waals surface area contributed by atoms with E-state index in [0.717, 1.165) is 23.1 Å². The van der Waals surface area contributed by atoms with Gasteiger partial charge in [0, 0.05) is 18.1 Å². The van der Waals surface area contributed by atoms with Crippen LogP contribution in [0.15, 0.2) is 24.4 Å². The lowest BCUT2D eigenvalue weighted by atomic mass is 9.99. The van der Waals surface area contributed by atoms with E-state index in [2.05, 4.69) is 36.3 Å². The highest BCUT2D eigenvalue weighted by Crippen LogP contribution is 2.29. The molecule has 0 fully saturated rings. The van der Waals surface area contributed by atoms with E-state index >= 15 is 0 Å². The molecule has 2 rings (SSSR count). The molecule has 0 aliphatic heterocycles. The summed E-state index contributed by atoms with van der Waals surface area (Å²) in [5, 5.41) is 4.25. The molecule has 0 radical (unpaired) electrons. The second-order valence-electron chi connectivity index (χ2n) is 5.23. The number of anilines is 1. The molecule has 4 nitrogen and oxygen atoms in total. The number of carbonyl (C=O) groups is 1. The molecule has 0 aliphatic carbocycles. The number of nitrogens with one attached hydrogen (secondary N) is 1. The number of pyridine rings is 1. The number of rotatable bonds is 5. The Kier molecular flexibility index (Phi) is 4.78. The van der Waals surface area contributed by atoms with Gasteiger partial charge in [0.25, 0.3) is 0 Å². The molecular formula is C17H22N2O2. The standard InChI is InChI=1S/C17H22N2O2/c1-5-18-16-13-9-12(11(3)4)7-8-15(13)19-10-14(16)17(20)21-6-2/h7-11H,5-6H2,1-4H3,(H,18,19). The summed E-state index contributed by atoms with van der Waals surface area (Å²) in [5.41, 5.74) is 3.41. The third-order valence-electron chi connectivity index (χ3n) is 3.41. The van der Waals surface area contributed by atoms with Gasteiger partial charge in [-0.05, 0) is 37.5 Å². The first-order valence-corrected chi connectivity index (χ1v) is 7.42. The Bertz CT molecular complexity index is 651. The maximum absolute atomic E-state index is 12.1. The molecule has 0 amide bonds. The summed E-state index contributed by atoms with van der Waals surface area (Å²) in [6.07, 6.45) is 1.59. The van der Waals surface area contributed by atoms with Crippen molar-refractivity contribution < 1.29 is 9.53 Å². The van der Waals surface area contributed by atoms with Crippen LogP contribution in [0, 0.1) is 0 Å². The Balaban J connectivity index is 2.64. The summed E-state index contributed by atoms with van der Waals surface area (Å²) in [6, 6.07) is 6.19. The van der Waals surface area contributed by atoms with Crippen LogP contribution in [-0.4, -0.2) is 24.1 Å². The van der Waals surface area contributed by atoms with Gasteiger partial charge in [-0.25, -0.2) is 4.79 Å². The molecule has 0 saturated carbocycles. The lowest BCUT2D eigenvalue weighted by Gasteiger charge is -2.14. The number of hydrogen-bond acceptors (Lipinski definition) is 4. The summed E-state index contributed by atoms with van der Waals surface area (Å²) in [5.74, 6) is 0.0907. The van der Waals surface area contributed by atoms with Gasteiger partial charge in [0.1, 0.15) is 5.56 Å². The van der Waals surface area contributed by atoms with E-state index in [-0.39, 0.29) is 5.97 Å². The van der Waals surface area contributed by atoms with Crippen LogP contribution in [-0.2, 0) is 4.74 Å². The fourth-order valence-corrected chi connectivity index (χ4v) is 2.30. The molecule has 1 N–H and O–H groups in total. The number of fused-ring (bicyclic) bond motifs is 1. The van der Waals surface area contributed by atoms with Gasteiger partial charge < -0.3 is 10.1 Å². The summed E-state index contributed by atoms with van der Waals surface area (Å²) < 4.78 is 5.12. The minimum absolute atomic E-state index is 0.335. The summed E-state index contributed by atoms with van der Waals surface area (Å²) >= 11 is 0. The zero-order valence-corrected chi connectivity index (χ0v) is 13.1. The van der Waals surface area contributed by atoms with Crippen molar-refractivity contribution >= 4 is 22.6 Å². The quantitative estimate of drug-likeness (QED) is 0.845. The van der Waals surface area contributed by atoms with Crippen LogP contribution in [0.25, 0.3) is 10.9 Å². The van der Waals surface area contributed by atoms with Crippen LogP contribution >= 0.6 is 0 Å². The largest absolute Gasteiger partial charge is 0.462 e. The van der Waals surface area contributed by atoms with Crippen LogP contribution in [0.3, 0.4) is 0 Å². The number of hydrogen-bond donors (Lipinski definition) is 1. The van der Waals surface area contributed by atoms with E-state index in [0.29, 0.717) is 18.1 Å². The Morgan fingerprint density at radius 1 is 1.33 bits per heavy atom. The highest BCUT2D eigenvalue weighted by atomic mass is 16.5. The molecule has 0 bridgehead atoms. The molecule has 4 heteroatoms. The van der Waals surface area contributed by atoms with Crippen LogP contribution < -0.4 is 5.32 Å². The SMILES string of the molecule is CCNc1c(C(=O)OCC)cnc2ccc(C(C)C)cc12. The molecule has 21 heavy (non-hydrogen) atoms. The topological polar surface area (TPSA) is 51.2 Å². The van der Waals surface area contributed by atoms with Crippen molar-refractivity contribution in [1.82, 2.24) is 4.98 Å². The summed E-state index contributed by atoms with van der Waals surface area (Å²) in [4.78, 5) is 16.5. The minimum Gasteiger partial charge on any atom is -0.462 e. The zero-order valence-electron chi connectivity index (χ0n) is 13.1. The predicted octanol–water partition coefficient (Wildman–Crippen LogP) is 3.97. The van der Waals surface area contributed by atoms with Crippen LogP contribution in [0.2, 0.25) is 0 Å². The molecule has 0 aliphatic rings. The Hall–Kier alpha value is -2.10. The Labute approximate surface area is 125 Å². The molecule has 1 aromatic carbocycles. The van der Waals surface area contributed by atoms with Crippen LogP contribution in [0.4, 0.5) is 5.69 Å². The maximum atomic E-state index is 12.1. The third kappa shape index (κ3) is 3.15. The molecule has 0 spiro atoms. The second kappa shape index (κ2) is 6.57. The van der Waals surface area contributed by atoms with Crippen molar-refractivity contribution in [2.24, 2.45) is 0 Å². The second-order valence-corrected chi connectivity index (χ2v) is 5.23. The van der Waals surface area contributed by atoms with Crippen LogP contribution in [0.5, 0.6) is 0 Å². The van der Waals surface area contributed by atoms with Crippen LogP contribution in [0.1, 0.15) is 49.5 Å². The van der Waals surface area contributed by atoms with E-state index in [4.69, 9.17) is 4.74 Å². The molecule has 0 atom stereocenters. The van der Waals surface area contributed by atoms with E-state index < -0.39 is 0 Å². The fourth-order valence-electron chi connectivity index (χ4n) is 2.30. The van der Waals surface area contributed by atoms with Gasteiger partial charge >= 0.3 is 5.97 Å². The average molecular weight is 286 g/mol. The summed E-state index contributed by atoms with van der Waals surface area (Å²) in [6.45, 7) is 9.20. The third-order valence-corrected chi connectivity index (χ3v) is 3.41. The van der Waals surface area contributed by atoms with E-state index in [1.54, 1.807) is 13.1 Å². The highest BCUT2D eigenvalue weighted by molar-refractivity contribution is 6.05. The van der Waals surface area contributed by atoms with Gasteiger partial charge in [-0.1, -0.05) is 19.9 Å². The van der Waals surface area contributed by atoms with E-state index in [1.165, 1.54) is 5.56 Å². The molecule has 112 valence electrons. The number of benzene rings is 1. The number of nitrogens with zero attached hydrogens (tertiary/aromatic N) is 1. The molecule has 0 unspecified atom stereocenters. The van der Waals surface area contributed by atoms with Gasteiger partial charge in [-0.15, -0.1) is 0 Å². The number of aromatic nitrogens is 1. The first-order chi connectivity index (χ1) is 10.1. The van der Waals surface area contributed by atoms with Gasteiger partial charge in [0.15, 0.2) is 0 Å². The fraction of sp³-hybridized carbons (Fsp3) is 0.412. The normalized spacial score (nSPS) is 10.9. The number of esters is 1. The van der Waals surface area contributed by atoms with Crippen molar-refractivity contribution in [3.8, 4) is 0 Å². The van der Waals surface area contributed by atoms with Crippen molar-refractivity contribution in [1.29, 1.82) is 0 Å².